The second-order valence-corrected chi connectivity index (χ2v) is 14.9. The molecule has 0 atom stereocenters. The average molecular weight is 246 g/mol. The van der Waals surface area contributed by atoms with Crippen molar-refractivity contribution in [2.24, 2.45) is 0 Å². The van der Waals surface area contributed by atoms with Crippen LogP contribution in [0.4, 0.5) is 0 Å². The van der Waals surface area contributed by atoms with E-state index in [1.165, 1.54) is 0 Å². The Morgan fingerprint density at radius 1 is 0.933 bits per heavy atom. The van der Waals surface area contributed by atoms with Crippen molar-refractivity contribution < 1.29 is 8.85 Å². The Labute approximate surface area is 96.9 Å². The van der Waals surface area contributed by atoms with E-state index in [1.807, 2.05) is 0 Å². The van der Waals surface area contributed by atoms with E-state index in [9.17, 15) is 0 Å². The molecule has 0 N–H and O–H groups in total. The van der Waals surface area contributed by atoms with Gasteiger partial charge in [0.15, 0.2) is 16.6 Å². The van der Waals surface area contributed by atoms with Gasteiger partial charge in [-0.1, -0.05) is 12.2 Å². The van der Waals surface area contributed by atoms with Gasteiger partial charge in [-0.2, -0.15) is 0 Å². The Kier molecular flexibility index (Phi) is 6.02. The predicted molar refractivity (Wildman–Crippen MR) is 72.4 cm³/mol. The van der Waals surface area contributed by atoms with Crippen LogP contribution >= 0.6 is 0 Å². The lowest BCUT2D eigenvalue weighted by molar-refractivity contribution is 0.296. The summed E-state index contributed by atoms with van der Waals surface area (Å²) in [5, 5.41) is 0. The van der Waals surface area contributed by atoms with Crippen LogP contribution in [0.25, 0.3) is 0 Å². The Bertz CT molecular complexity index is 202. The molecule has 15 heavy (non-hydrogen) atoms. The quantitative estimate of drug-likeness (QED) is 0.504. The zero-order chi connectivity index (χ0) is 12.1. The first kappa shape index (κ1) is 15.1. The van der Waals surface area contributed by atoms with E-state index in [4.69, 9.17) is 8.85 Å². The molecule has 0 radical (unpaired) electrons. The molecule has 90 valence electrons. The second-order valence-electron chi connectivity index (χ2n) is 5.86. The zero-order valence-corrected chi connectivity index (χ0v) is 13.1. The minimum Gasteiger partial charge on any atom is -0.417 e. The van der Waals surface area contributed by atoms with Gasteiger partial charge in [0.05, 0.1) is 6.61 Å². The van der Waals surface area contributed by atoms with Crippen LogP contribution in [0.3, 0.4) is 0 Å². The van der Waals surface area contributed by atoms with E-state index < -0.39 is 16.6 Å². The molecule has 0 fully saturated rings. The van der Waals surface area contributed by atoms with Crippen molar-refractivity contribution in [2.75, 3.05) is 13.2 Å². The van der Waals surface area contributed by atoms with E-state index in [0.29, 0.717) is 6.61 Å². The Morgan fingerprint density at radius 2 is 1.40 bits per heavy atom. The highest BCUT2D eigenvalue weighted by Gasteiger charge is 2.15. The van der Waals surface area contributed by atoms with Crippen molar-refractivity contribution in [1.82, 2.24) is 0 Å². The van der Waals surface area contributed by atoms with Gasteiger partial charge in [0.25, 0.3) is 0 Å². The Hall–Kier alpha value is 0.0938. The highest BCUT2D eigenvalue weighted by molar-refractivity contribution is 6.70. The molecular formula is C11H26O2Si2. The summed E-state index contributed by atoms with van der Waals surface area (Å²) in [7, 11) is -2.75. The van der Waals surface area contributed by atoms with Gasteiger partial charge in [-0.05, 0) is 45.7 Å². The molecule has 0 saturated carbocycles. The molecule has 0 heterocycles. The van der Waals surface area contributed by atoms with E-state index in [0.717, 1.165) is 18.6 Å². The fraction of sp³-hybridized carbons (Fsp3) is 0.818. The minimum absolute atomic E-state index is 0.699. The van der Waals surface area contributed by atoms with Crippen LogP contribution in [0.5, 0.6) is 0 Å². The van der Waals surface area contributed by atoms with Crippen molar-refractivity contribution in [1.29, 1.82) is 0 Å². The smallest absolute Gasteiger partial charge is 0.184 e. The number of hydrogen-bond acceptors (Lipinski definition) is 2. The average Bonchev–Trinajstić information content (AvgIpc) is 1.97. The van der Waals surface area contributed by atoms with Gasteiger partial charge in [0.1, 0.15) is 0 Å². The fourth-order valence-corrected chi connectivity index (χ4v) is 2.24. The standard InChI is InChI=1S/C11H26O2Si2/c1-11(10-13-15(5,6)7)8-9-12-14(2,3)4/h1,8-10H2,2-7H3. The first-order chi connectivity index (χ1) is 6.60. The van der Waals surface area contributed by atoms with Crippen LogP contribution in [0, 0.1) is 0 Å². The zero-order valence-electron chi connectivity index (χ0n) is 11.1. The van der Waals surface area contributed by atoms with E-state index in [-0.39, 0.29) is 0 Å². The normalized spacial score (nSPS) is 12.9. The molecule has 0 rings (SSSR count). The summed E-state index contributed by atoms with van der Waals surface area (Å²) in [6.07, 6.45) is 0.925. The predicted octanol–water partition coefficient (Wildman–Crippen LogP) is 3.64. The first-order valence-electron chi connectivity index (χ1n) is 5.55. The summed E-state index contributed by atoms with van der Waals surface area (Å²) in [4.78, 5) is 0. The first-order valence-corrected chi connectivity index (χ1v) is 12.4. The summed E-state index contributed by atoms with van der Waals surface area (Å²) in [5.41, 5.74) is 1.15. The third-order valence-corrected chi connectivity index (χ3v) is 3.78. The molecule has 0 aliphatic heterocycles. The molecule has 4 heteroatoms. The van der Waals surface area contributed by atoms with Crippen LogP contribution in [0.1, 0.15) is 6.42 Å². The monoisotopic (exact) mass is 246 g/mol. The lowest BCUT2D eigenvalue weighted by Crippen LogP contribution is -2.28. The fourth-order valence-electron chi connectivity index (χ4n) is 0.892. The topological polar surface area (TPSA) is 18.5 Å². The third-order valence-electron chi connectivity index (χ3n) is 1.70. The molecule has 0 aliphatic rings. The van der Waals surface area contributed by atoms with Crippen LogP contribution < -0.4 is 0 Å². The summed E-state index contributed by atoms with van der Waals surface area (Å²) in [6.45, 7) is 18.7. The Morgan fingerprint density at radius 3 is 1.80 bits per heavy atom. The van der Waals surface area contributed by atoms with Crippen LogP contribution in [-0.2, 0) is 8.85 Å². The lowest BCUT2D eigenvalue weighted by Gasteiger charge is -2.20. The molecule has 0 aromatic heterocycles. The summed E-state index contributed by atoms with van der Waals surface area (Å²) < 4.78 is 11.5. The van der Waals surface area contributed by atoms with Gasteiger partial charge in [0, 0.05) is 6.61 Å². The van der Waals surface area contributed by atoms with Gasteiger partial charge in [-0.25, -0.2) is 0 Å². The van der Waals surface area contributed by atoms with Crippen molar-refractivity contribution in [3.63, 3.8) is 0 Å². The SMILES string of the molecule is C=C(CCO[Si](C)(C)C)CO[Si](C)(C)C. The maximum atomic E-state index is 5.77. The summed E-state index contributed by atoms with van der Waals surface area (Å²) in [6, 6.07) is 0. The third kappa shape index (κ3) is 12.0. The van der Waals surface area contributed by atoms with Crippen LogP contribution in [0.15, 0.2) is 12.2 Å². The lowest BCUT2D eigenvalue weighted by atomic mass is 10.2. The molecule has 0 aromatic rings. The molecule has 2 nitrogen and oxygen atoms in total. The molecule has 0 aliphatic carbocycles. The molecule has 0 bridgehead atoms. The minimum atomic E-state index is -1.39. The summed E-state index contributed by atoms with van der Waals surface area (Å²) >= 11 is 0. The van der Waals surface area contributed by atoms with E-state index in [1.54, 1.807) is 0 Å². The molecule has 0 saturated heterocycles. The van der Waals surface area contributed by atoms with Crippen molar-refractivity contribution >= 4 is 16.6 Å². The van der Waals surface area contributed by atoms with Gasteiger partial charge >= 0.3 is 0 Å². The van der Waals surface area contributed by atoms with Gasteiger partial charge in [0.2, 0.25) is 0 Å². The molecule has 0 spiro atoms. The maximum absolute atomic E-state index is 5.77. The Balaban J connectivity index is 3.60. The van der Waals surface area contributed by atoms with Crippen molar-refractivity contribution in [2.45, 2.75) is 45.7 Å². The second kappa shape index (κ2) is 5.98. The van der Waals surface area contributed by atoms with Crippen LogP contribution in [-0.4, -0.2) is 29.8 Å². The van der Waals surface area contributed by atoms with Crippen LogP contribution in [0.2, 0.25) is 39.3 Å². The van der Waals surface area contributed by atoms with Gasteiger partial charge in [-0.15, -0.1) is 0 Å². The van der Waals surface area contributed by atoms with E-state index in [2.05, 4.69) is 45.9 Å². The van der Waals surface area contributed by atoms with Crippen molar-refractivity contribution in [3.05, 3.63) is 12.2 Å². The largest absolute Gasteiger partial charge is 0.417 e. The molecule has 0 unspecified atom stereocenters. The molecular weight excluding hydrogens is 220 g/mol. The molecule has 0 aromatic carbocycles. The maximum Gasteiger partial charge on any atom is 0.184 e. The van der Waals surface area contributed by atoms with Gasteiger partial charge in [-0.3, -0.25) is 0 Å². The van der Waals surface area contributed by atoms with Crippen molar-refractivity contribution in [3.8, 4) is 0 Å². The highest BCUT2D eigenvalue weighted by atomic mass is 28.4. The molecule has 0 amide bonds. The number of hydrogen-bond donors (Lipinski definition) is 0. The van der Waals surface area contributed by atoms with Gasteiger partial charge < -0.3 is 8.85 Å². The summed E-state index contributed by atoms with van der Waals surface area (Å²) in [5.74, 6) is 0. The number of rotatable bonds is 7. The van der Waals surface area contributed by atoms with E-state index >= 15 is 0 Å². The highest BCUT2D eigenvalue weighted by Crippen LogP contribution is 2.09.